The van der Waals surface area contributed by atoms with Crippen LogP contribution < -0.4 is 10.1 Å². The highest BCUT2D eigenvalue weighted by Gasteiger charge is 2.20. The average molecular weight is 396 g/mol. The van der Waals surface area contributed by atoms with Crippen molar-refractivity contribution in [2.75, 3.05) is 12.4 Å². The lowest BCUT2D eigenvalue weighted by Gasteiger charge is -2.14. The number of benzene rings is 2. The van der Waals surface area contributed by atoms with E-state index >= 15 is 0 Å². The average Bonchev–Trinajstić information content (AvgIpc) is 2.56. The Morgan fingerprint density at radius 3 is 2.54 bits per heavy atom. The van der Waals surface area contributed by atoms with Gasteiger partial charge in [0.2, 0.25) is 0 Å². The molecule has 2 rings (SSSR count). The Bertz CT molecular complexity index is 766. The second kappa shape index (κ2) is 7.92. The molecule has 0 radical (unpaired) electrons. The number of esters is 1. The zero-order chi connectivity index (χ0) is 17.7. The van der Waals surface area contributed by atoms with Gasteiger partial charge < -0.3 is 14.8 Å². The number of rotatable bonds is 5. The van der Waals surface area contributed by atoms with Crippen LogP contribution in [0.5, 0.6) is 5.75 Å². The Hall–Kier alpha value is -2.41. The number of nitrogens with one attached hydrogen (secondary N) is 1. The molecule has 0 saturated heterocycles. The number of hydrogen-bond acceptors (Lipinski definition) is 4. The monoisotopic (exact) mass is 395 g/mol. The molecule has 126 valence electrons. The molecule has 0 aromatic heterocycles. The molecule has 0 unspecified atom stereocenters. The first-order valence-electron chi connectivity index (χ1n) is 7.02. The Balaban J connectivity index is 2.02. The third-order valence-corrected chi connectivity index (χ3v) is 3.79. The van der Waals surface area contributed by atoms with Crippen molar-refractivity contribution in [3.05, 3.63) is 58.3 Å². The molecule has 0 fully saturated rings. The second-order valence-electron chi connectivity index (χ2n) is 4.87. The van der Waals surface area contributed by atoms with Crippen molar-refractivity contribution in [1.29, 1.82) is 0 Å². The van der Waals surface area contributed by atoms with Crippen molar-refractivity contribution < 1.29 is 23.5 Å². The van der Waals surface area contributed by atoms with Crippen LogP contribution in [0.4, 0.5) is 10.1 Å². The number of ether oxygens (including phenoxy) is 2. The van der Waals surface area contributed by atoms with E-state index in [2.05, 4.69) is 21.2 Å². The van der Waals surface area contributed by atoms with Gasteiger partial charge in [-0.15, -0.1) is 0 Å². The maximum Gasteiger partial charge on any atom is 0.338 e. The molecule has 1 amide bonds. The fraction of sp³-hybridized carbons (Fsp3) is 0.176. The number of methoxy groups -OCH3 is 1. The summed E-state index contributed by atoms with van der Waals surface area (Å²) >= 11 is 3.27. The molecule has 2 aromatic carbocycles. The van der Waals surface area contributed by atoms with Gasteiger partial charge in [0.05, 0.1) is 22.8 Å². The van der Waals surface area contributed by atoms with Gasteiger partial charge in [-0.3, -0.25) is 4.79 Å². The van der Waals surface area contributed by atoms with E-state index in [9.17, 15) is 14.0 Å². The van der Waals surface area contributed by atoms with Crippen LogP contribution in [0.3, 0.4) is 0 Å². The van der Waals surface area contributed by atoms with Gasteiger partial charge in [0.15, 0.2) is 6.10 Å². The summed E-state index contributed by atoms with van der Waals surface area (Å²) < 4.78 is 24.3. The summed E-state index contributed by atoms with van der Waals surface area (Å²) in [5, 5.41) is 2.38. The first-order chi connectivity index (χ1) is 11.4. The van der Waals surface area contributed by atoms with Crippen LogP contribution in [0.15, 0.2) is 46.9 Å². The Labute approximate surface area is 146 Å². The van der Waals surface area contributed by atoms with Crippen molar-refractivity contribution in [3.63, 3.8) is 0 Å². The molecular weight excluding hydrogens is 381 g/mol. The van der Waals surface area contributed by atoms with E-state index in [1.54, 1.807) is 12.1 Å². The normalized spacial score (nSPS) is 11.5. The molecular formula is C17H15BrFNO4. The minimum Gasteiger partial charge on any atom is -0.496 e. The number of amides is 1. The largest absolute Gasteiger partial charge is 0.496 e. The molecule has 0 aliphatic heterocycles. The van der Waals surface area contributed by atoms with Crippen LogP contribution in [0.2, 0.25) is 0 Å². The quantitative estimate of drug-likeness (QED) is 0.782. The zero-order valence-corrected chi connectivity index (χ0v) is 14.6. The molecule has 0 aliphatic carbocycles. The lowest BCUT2D eigenvalue weighted by atomic mass is 10.2. The summed E-state index contributed by atoms with van der Waals surface area (Å²) in [5.74, 6) is -1.30. The number of carbonyl (C=O) groups is 2. The minimum absolute atomic E-state index is 0.0255. The summed E-state index contributed by atoms with van der Waals surface area (Å²) in [4.78, 5) is 24.1. The summed E-state index contributed by atoms with van der Waals surface area (Å²) in [7, 11) is 1.51. The van der Waals surface area contributed by atoms with Gasteiger partial charge in [0.25, 0.3) is 5.91 Å². The molecule has 0 bridgehead atoms. The number of carbonyl (C=O) groups excluding carboxylic acids is 2. The van der Waals surface area contributed by atoms with E-state index in [4.69, 9.17) is 9.47 Å². The predicted octanol–water partition coefficient (Wildman–Crippen LogP) is 3.78. The first-order valence-corrected chi connectivity index (χ1v) is 7.81. The van der Waals surface area contributed by atoms with Gasteiger partial charge in [0, 0.05) is 0 Å². The molecule has 1 N–H and O–H groups in total. The topological polar surface area (TPSA) is 64.6 Å². The minimum atomic E-state index is -1.09. The van der Waals surface area contributed by atoms with Crippen molar-refractivity contribution in [2.24, 2.45) is 0 Å². The van der Waals surface area contributed by atoms with Gasteiger partial charge in [-0.05, 0) is 53.2 Å². The number of anilines is 1. The number of hydrogen-bond donors (Lipinski definition) is 1. The fourth-order valence-electron chi connectivity index (χ4n) is 1.87. The number of para-hydroxylation sites is 1. The van der Waals surface area contributed by atoms with Gasteiger partial charge in [-0.1, -0.05) is 12.1 Å². The molecule has 24 heavy (non-hydrogen) atoms. The van der Waals surface area contributed by atoms with Crippen LogP contribution in [0, 0.1) is 5.82 Å². The van der Waals surface area contributed by atoms with Crippen LogP contribution in [0.1, 0.15) is 17.3 Å². The van der Waals surface area contributed by atoms with Gasteiger partial charge in [0.1, 0.15) is 11.6 Å². The summed E-state index contributed by atoms with van der Waals surface area (Å²) in [6.45, 7) is 1.41. The molecule has 0 saturated carbocycles. The van der Waals surface area contributed by atoms with Crippen molar-refractivity contribution >= 4 is 33.5 Å². The fourth-order valence-corrected chi connectivity index (χ4v) is 2.41. The van der Waals surface area contributed by atoms with E-state index in [0.29, 0.717) is 10.2 Å². The molecule has 0 spiro atoms. The van der Waals surface area contributed by atoms with Gasteiger partial charge in [-0.2, -0.15) is 0 Å². The molecule has 0 aliphatic rings. The highest BCUT2D eigenvalue weighted by atomic mass is 79.9. The summed E-state index contributed by atoms with van der Waals surface area (Å²) in [6, 6.07) is 10.4. The van der Waals surface area contributed by atoms with Gasteiger partial charge >= 0.3 is 5.97 Å². The standard InChI is InChI=1S/C17H15BrFNO4/c1-10(16(21)20-14-6-4-3-5-13(14)19)24-17(22)11-7-8-15(23-2)12(18)9-11/h3-10H,1-2H3,(H,20,21)/t10-/m0/s1. The van der Waals surface area contributed by atoms with E-state index in [1.807, 2.05) is 0 Å². The van der Waals surface area contributed by atoms with E-state index in [0.717, 1.165) is 0 Å². The summed E-state index contributed by atoms with van der Waals surface area (Å²) in [6.07, 6.45) is -1.09. The SMILES string of the molecule is COc1ccc(C(=O)O[C@@H](C)C(=O)Nc2ccccc2F)cc1Br. The maximum atomic E-state index is 13.5. The van der Waals surface area contributed by atoms with Crippen molar-refractivity contribution in [2.45, 2.75) is 13.0 Å². The predicted molar refractivity (Wildman–Crippen MR) is 90.6 cm³/mol. The van der Waals surface area contributed by atoms with Gasteiger partial charge in [-0.25, -0.2) is 9.18 Å². The van der Waals surface area contributed by atoms with E-state index < -0.39 is 23.8 Å². The van der Waals surface area contributed by atoms with Crippen LogP contribution >= 0.6 is 15.9 Å². The smallest absolute Gasteiger partial charge is 0.338 e. The van der Waals surface area contributed by atoms with E-state index in [1.165, 1.54) is 44.4 Å². The van der Waals surface area contributed by atoms with Crippen molar-refractivity contribution in [3.8, 4) is 5.75 Å². The van der Waals surface area contributed by atoms with Crippen molar-refractivity contribution in [1.82, 2.24) is 0 Å². The Kier molecular flexibility index (Phi) is 5.92. The second-order valence-corrected chi connectivity index (χ2v) is 5.72. The van der Waals surface area contributed by atoms with Crippen LogP contribution in [-0.2, 0) is 9.53 Å². The Morgan fingerprint density at radius 2 is 1.92 bits per heavy atom. The molecule has 5 nitrogen and oxygen atoms in total. The molecule has 0 heterocycles. The highest BCUT2D eigenvalue weighted by Crippen LogP contribution is 2.26. The Morgan fingerprint density at radius 1 is 1.21 bits per heavy atom. The molecule has 2 aromatic rings. The van der Waals surface area contributed by atoms with E-state index in [-0.39, 0.29) is 11.3 Å². The lowest BCUT2D eigenvalue weighted by molar-refractivity contribution is -0.123. The maximum absolute atomic E-state index is 13.5. The lowest BCUT2D eigenvalue weighted by Crippen LogP contribution is -2.30. The molecule has 7 heteroatoms. The third kappa shape index (κ3) is 4.32. The zero-order valence-electron chi connectivity index (χ0n) is 13.0. The van der Waals surface area contributed by atoms with Crippen LogP contribution in [-0.4, -0.2) is 25.1 Å². The van der Waals surface area contributed by atoms with Crippen LogP contribution in [0.25, 0.3) is 0 Å². The number of halogens is 2. The highest BCUT2D eigenvalue weighted by molar-refractivity contribution is 9.10. The molecule has 1 atom stereocenters. The summed E-state index contributed by atoms with van der Waals surface area (Å²) in [5.41, 5.74) is 0.283. The first kappa shape index (κ1) is 17.9. The third-order valence-electron chi connectivity index (χ3n) is 3.17.